The highest BCUT2D eigenvalue weighted by Crippen LogP contribution is 2.47. The molecule has 2 heterocycles. The Balaban J connectivity index is 1.49. The summed E-state index contributed by atoms with van der Waals surface area (Å²) < 4.78 is 17.1. The molecule has 2 fully saturated rings. The molecule has 250 valence electrons. The summed E-state index contributed by atoms with van der Waals surface area (Å²) in [6.07, 6.45) is 2.15. The van der Waals surface area contributed by atoms with Crippen molar-refractivity contribution in [2.75, 3.05) is 19.5 Å². The van der Waals surface area contributed by atoms with Gasteiger partial charge in [0.25, 0.3) is 0 Å². The molecule has 0 bridgehead atoms. The SMILES string of the molecule is C=CC1CC1(NC(=O)C1CC(Oc2cc(-c3csc(NC(C)=O)n3)nc3cc(OC)ccc23)CC1C(=O)C(C)C(C)(C)C)C(=O)OC. The Morgan fingerprint density at radius 1 is 1.09 bits per heavy atom. The van der Waals surface area contributed by atoms with Gasteiger partial charge < -0.3 is 24.8 Å². The third-order valence-electron chi connectivity index (χ3n) is 9.46. The lowest BCUT2D eigenvalue weighted by Crippen LogP contribution is -2.49. The van der Waals surface area contributed by atoms with Gasteiger partial charge in [-0.05, 0) is 36.8 Å². The number of benzene rings is 1. The first-order chi connectivity index (χ1) is 22.2. The van der Waals surface area contributed by atoms with Crippen LogP contribution >= 0.6 is 11.3 Å². The Hall–Kier alpha value is -4.32. The summed E-state index contributed by atoms with van der Waals surface area (Å²) >= 11 is 1.28. The van der Waals surface area contributed by atoms with Crippen molar-refractivity contribution in [3.63, 3.8) is 0 Å². The number of amides is 2. The second-order valence-corrected chi connectivity index (χ2v) is 14.4. The quantitative estimate of drug-likeness (QED) is 0.198. The van der Waals surface area contributed by atoms with E-state index < -0.39 is 29.4 Å². The van der Waals surface area contributed by atoms with Crippen LogP contribution in [0.3, 0.4) is 0 Å². The molecule has 2 N–H and O–H groups in total. The summed E-state index contributed by atoms with van der Waals surface area (Å²) in [6, 6.07) is 7.26. The van der Waals surface area contributed by atoms with E-state index in [1.807, 2.05) is 39.8 Å². The topological polar surface area (TPSA) is 146 Å². The Kier molecular flexibility index (Phi) is 9.45. The zero-order valence-corrected chi connectivity index (χ0v) is 28.7. The monoisotopic (exact) mass is 662 g/mol. The van der Waals surface area contributed by atoms with Crippen LogP contribution in [0.15, 0.2) is 42.3 Å². The molecular weight excluding hydrogens is 620 g/mol. The molecule has 47 heavy (non-hydrogen) atoms. The van der Waals surface area contributed by atoms with Crippen molar-refractivity contribution >= 4 is 50.9 Å². The van der Waals surface area contributed by atoms with Gasteiger partial charge in [0, 0.05) is 47.6 Å². The molecule has 0 radical (unpaired) electrons. The third-order valence-corrected chi connectivity index (χ3v) is 10.2. The van der Waals surface area contributed by atoms with E-state index in [1.165, 1.54) is 25.4 Å². The van der Waals surface area contributed by atoms with Crippen molar-refractivity contribution in [2.24, 2.45) is 29.1 Å². The van der Waals surface area contributed by atoms with Gasteiger partial charge >= 0.3 is 5.97 Å². The summed E-state index contributed by atoms with van der Waals surface area (Å²) in [7, 11) is 2.87. The maximum Gasteiger partial charge on any atom is 0.332 e. The maximum atomic E-state index is 14.0. The van der Waals surface area contributed by atoms with Crippen LogP contribution in [0.4, 0.5) is 5.13 Å². The number of ketones is 1. The van der Waals surface area contributed by atoms with E-state index in [0.29, 0.717) is 46.4 Å². The van der Waals surface area contributed by atoms with Crippen LogP contribution < -0.4 is 20.1 Å². The van der Waals surface area contributed by atoms with E-state index >= 15 is 0 Å². The number of Topliss-reactive ketones (excluding diaryl/α,β-unsaturated/α-hetero) is 1. The van der Waals surface area contributed by atoms with E-state index in [1.54, 1.807) is 30.7 Å². The molecule has 2 aromatic heterocycles. The highest BCUT2D eigenvalue weighted by molar-refractivity contribution is 7.14. The fourth-order valence-electron chi connectivity index (χ4n) is 6.25. The number of nitrogens with zero attached hydrogens (tertiary/aromatic N) is 2. The van der Waals surface area contributed by atoms with E-state index in [9.17, 15) is 19.2 Å². The first-order valence-corrected chi connectivity index (χ1v) is 16.5. The number of ether oxygens (including phenoxy) is 3. The number of pyridine rings is 1. The largest absolute Gasteiger partial charge is 0.497 e. The predicted octanol–water partition coefficient (Wildman–Crippen LogP) is 5.58. The van der Waals surface area contributed by atoms with Crippen LogP contribution in [-0.4, -0.2) is 59.4 Å². The second kappa shape index (κ2) is 13.1. The van der Waals surface area contributed by atoms with E-state index in [0.717, 1.165) is 5.39 Å². The Morgan fingerprint density at radius 2 is 1.81 bits per heavy atom. The standard InChI is InChI=1S/C35H42N4O7S/c1-9-20-16-35(20,32(43)45-8)39-31(42)25-13-22(12-24(25)30(41)18(2)34(4,5)6)46-29-15-27(28-17-47-33(38-28)36-19(3)40)37-26-14-21(44-7)10-11-23(26)29/h9-11,14-15,17-18,20,22,24-25H,1,12-13,16H2,2-8H3,(H,39,42)(H,36,38,40). The average Bonchev–Trinajstić information content (AvgIpc) is 3.31. The average molecular weight is 663 g/mol. The number of aromatic nitrogens is 2. The first kappa shape index (κ1) is 34.0. The number of anilines is 1. The van der Waals surface area contributed by atoms with Crippen LogP contribution in [0, 0.1) is 29.1 Å². The van der Waals surface area contributed by atoms with E-state index in [-0.39, 0.29) is 41.3 Å². The van der Waals surface area contributed by atoms with Gasteiger partial charge in [-0.1, -0.05) is 33.8 Å². The van der Waals surface area contributed by atoms with E-state index in [4.69, 9.17) is 19.2 Å². The molecule has 0 aliphatic heterocycles. The number of thiazole rings is 1. The fourth-order valence-corrected chi connectivity index (χ4v) is 7.00. The number of fused-ring (bicyclic) bond motifs is 1. The number of esters is 1. The minimum absolute atomic E-state index is 0.00933. The van der Waals surface area contributed by atoms with Crippen molar-refractivity contribution in [1.82, 2.24) is 15.3 Å². The molecule has 5 rings (SSSR count). The number of carbonyl (C=O) groups excluding carboxylic acids is 4. The van der Waals surface area contributed by atoms with Gasteiger partial charge in [-0.3, -0.25) is 14.4 Å². The number of rotatable bonds is 11. The molecular formula is C35H42N4O7S. The summed E-state index contributed by atoms with van der Waals surface area (Å²) in [5.41, 5.74) is 0.205. The van der Waals surface area contributed by atoms with Gasteiger partial charge in [-0.25, -0.2) is 14.8 Å². The number of carbonyl (C=O) groups is 4. The van der Waals surface area contributed by atoms with Crippen molar-refractivity contribution in [3.8, 4) is 22.9 Å². The molecule has 6 atom stereocenters. The van der Waals surface area contributed by atoms with Crippen LogP contribution in [0.5, 0.6) is 11.5 Å². The van der Waals surface area contributed by atoms with Gasteiger partial charge in [-0.2, -0.15) is 0 Å². The normalized spacial score (nSPS) is 24.2. The second-order valence-electron chi connectivity index (χ2n) is 13.5. The third kappa shape index (κ3) is 6.88. The highest BCUT2D eigenvalue weighted by Gasteiger charge is 2.62. The zero-order chi connectivity index (χ0) is 34.3. The number of nitrogens with one attached hydrogen (secondary N) is 2. The Morgan fingerprint density at radius 3 is 2.43 bits per heavy atom. The summed E-state index contributed by atoms with van der Waals surface area (Å²) in [5.74, 6) is -1.89. The summed E-state index contributed by atoms with van der Waals surface area (Å²) in [5, 5.41) is 8.61. The van der Waals surface area contributed by atoms with Crippen molar-refractivity contribution in [3.05, 3.63) is 42.3 Å². The molecule has 2 aliphatic rings. The number of methoxy groups -OCH3 is 2. The van der Waals surface area contributed by atoms with Crippen molar-refractivity contribution in [1.29, 1.82) is 0 Å². The predicted molar refractivity (Wildman–Crippen MR) is 179 cm³/mol. The molecule has 2 aliphatic carbocycles. The van der Waals surface area contributed by atoms with Crippen molar-refractivity contribution in [2.45, 2.75) is 65.5 Å². The fraction of sp³-hybridized carbons (Fsp3) is 0.486. The van der Waals surface area contributed by atoms with Gasteiger partial charge in [-0.15, -0.1) is 17.9 Å². The Bertz CT molecular complexity index is 1730. The molecule has 0 saturated heterocycles. The van der Waals surface area contributed by atoms with Gasteiger partial charge in [0.05, 0.1) is 31.3 Å². The number of hydrogen-bond donors (Lipinski definition) is 2. The highest BCUT2D eigenvalue weighted by atomic mass is 32.1. The van der Waals surface area contributed by atoms with Gasteiger partial charge in [0.1, 0.15) is 34.6 Å². The Labute approximate surface area is 278 Å². The van der Waals surface area contributed by atoms with E-state index in [2.05, 4.69) is 22.2 Å². The molecule has 1 aromatic carbocycles. The van der Waals surface area contributed by atoms with Crippen molar-refractivity contribution < 1.29 is 33.4 Å². The maximum absolute atomic E-state index is 14.0. The molecule has 11 nitrogen and oxygen atoms in total. The van der Waals surface area contributed by atoms with Gasteiger partial charge in [0.2, 0.25) is 11.8 Å². The molecule has 3 aromatic rings. The van der Waals surface area contributed by atoms with Crippen LogP contribution in [0.2, 0.25) is 0 Å². The zero-order valence-electron chi connectivity index (χ0n) is 27.8. The number of hydrogen-bond acceptors (Lipinski definition) is 10. The lowest BCUT2D eigenvalue weighted by atomic mass is 9.74. The molecule has 0 spiro atoms. The summed E-state index contributed by atoms with van der Waals surface area (Å²) in [4.78, 5) is 61.6. The lowest BCUT2D eigenvalue weighted by Gasteiger charge is -2.30. The smallest absolute Gasteiger partial charge is 0.332 e. The van der Waals surface area contributed by atoms with Crippen LogP contribution in [0.1, 0.15) is 53.9 Å². The minimum atomic E-state index is -1.17. The lowest BCUT2D eigenvalue weighted by molar-refractivity contribution is -0.147. The first-order valence-electron chi connectivity index (χ1n) is 15.7. The molecule has 6 unspecified atom stereocenters. The minimum Gasteiger partial charge on any atom is -0.497 e. The van der Waals surface area contributed by atoms with Crippen LogP contribution in [0.25, 0.3) is 22.3 Å². The molecule has 2 saturated carbocycles. The van der Waals surface area contributed by atoms with Gasteiger partial charge in [0.15, 0.2) is 5.13 Å². The molecule has 2 amide bonds. The van der Waals surface area contributed by atoms with Crippen LogP contribution in [-0.2, 0) is 23.9 Å². The summed E-state index contributed by atoms with van der Waals surface area (Å²) in [6.45, 7) is 13.1. The molecule has 12 heteroatoms.